The van der Waals surface area contributed by atoms with Crippen molar-refractivity contribution in [2.45, 2.75) is 31.7 Å². The minimum Gasteiger partial charge on any atom is -0.352 e. The van der Waals surface area contributed by atoms with Crippen molar-refractivity contribution in [1.82, 2.24) is 5.32 Å². The SMILES string of the molecule is O=C(NCC1C=CC=CC1)C1=C2CCC=CC2=NC(c2ccccc2)C1. The molecule has 26 heavy (non-hydrogen) atoms. The Hall–Kier alpha value is -2.68. The number of benzene rings is 1. The maximum absolute atomic E-state index is 13.0. The van der Waals surface area contributed by atoms with Crippen molar-refractivity contribution in [3.05, 3.63) is 83.5 Å². The molecule has 1 heterocycles. The van der Waals surface area contributed by atoms with Gasteiger partial charge in [-0.1, -0.05) is 60.7 Å². The van der Waals surface area contributed by atoms with Gasteiger partial charge in [0.2, 0.25) is 5.91 Å². The van der Waals surface area contributed by atoms with Crippen molar-refractivity contribution in [2.75, 3.05) is 6.54 Å². The third kappa shape index (κ3) is 3.62. The lowest BCUT2D eigenvalue weighted by Gasteiger charge is -2.27. The highest BCUT2D eigenvalue weighted by atomic mass is 16.1. The Labute approximate surface area is 154 Å². The maximum Gasteiger partial charge on any atom is 0.247 e. The zero-order chi connectivity index (χ0) is 17.8. The van der Waals surface area contributed by atoms with Crippen LogP contribution in [0, 0.1) is 5.92 Å². The fourth-order valence-corrected chi connectivity index (χ4v) is 3.82. The lowest BCUT2D eigenvalue weighted by molar-refractivity contribution is -0.117. The first-order valence-corrected chi connectivity index (χ1v) is 9.44. The molecule has 1 aromatic rings. The number of carbonyl (C=O) groups is 1. The molecule has 3 heteroatoms. The van der Waals surface area contributed by atoms with E-state index in [-0.39, 0.29) is 11.9 Å². The number of amides is 1. The number of aliphatic imine (C=N–C) groups is 1. The first-order chi connectivity index (χ1) is 12.8. The molecular weight excluding hydrogens is 320 g/mol. The fraction of sp³-hybridized carbons (Fsp3) is 0.304. The molecule has 4 rings (SSSR count). The predicted molar refractivity (Wildman–Crippen MR) is 106 cm³/mol. The number of carbonyl (C=O) groups excluding carboxylic acids is 1. The van der Waals surface area contributed by atoms with E-state index in [0.717, 1.165) is 36.1 Å². The largest absolute Gasteiger partial charge is 0.352 e. The molecule has 0 fully saturated rings. The van der Waals surface area contributed by atoms with Gasteiger partial charge < -0.3 is 5.32 Å². The number of fused-ring (bicyclic) bond motifs is 1. The van der Waals surface area contributed by atoms with E-state index >= 15 is 0 Å². The summed E-state index contributed by atoms with van der Waals surface area (Å²) in [4.78, 5) is 17.9. The van der Waals surface area contributed by atoms with Crippen LogP contribution in [0.2, 0.25) is 0 Å². The minimum atomic E-state index is 0.0240. The van der Waals surface area contributed by atoms with Crippen molar-refractivity contribution in [2.24, 2.45) is 10.9 Å². The van der Waals surface area contributed by atoms with Crippen LogP contribution < -0.4 is 5.32 Å². The molecule has 3 nitrogen and oxygen atoms in total. The molecule has 1 amide bonds. The summed E-state index contributed by atoms with van der Waals surface area (Å²) < 4.78 is 0. The Kier molecular flexibility index (Phi) is 4.96. The topological polar surface area (TPSA) is 41.5 Å². The van der Waals surface area contributed by atoms with Gasteiger partial charge >= 0.3 is 0 Å². The predicted octanol–water partition coefficient (Wildman–Crippen LogP) is 4.47. The Morgan fingerprint density at radius 2 is 2.04 bits per heavy atom. The average molecular weight is 344 g/mol. The number of allylic oxidation sites excluding steroid dienone is 6. The highest BCUT2D eigenvalue weighted by Gasteiger charge is 2.28. The monoisotopic (exact) mass is 344 g/mol. The van der Waals surface area contributed by atoms with Gasteiger partial charge in [0.25, 0.3) is 0 Å². The van der Waals surface area contributed by atoms with Crippen LogP contribution in [0.5, 0.6) is 0 Å². The van der Waals surface area contributed by atoms with Crippen molar-refractivity contribution in [3.8, 4) is 0 Å². The molecule has 2 atom stereocenters. The highest BCUT2D eigenvalue weighted by Crippen LogP contribution is 2.35. The molecule has 0 saturated heterocycles. The van der Waals surface area contributed by atoms with E-state index in [1.807, 2.05) is 18.2 Å². The van der Waals surface area contributed by atoms with Gasteiger partial charge in [0.05, 0.1) is 11.8 Å². The molecule has 0 aromatic heterocycles. The number of hydrogen-bond donors (Lipinski definition) is 1. The van der Waals surface area contributed by atoms with Crippen LogP contribution in [0.4, 0.5) is 0 Å². The van der Waals surface area contributed by atoms with E-state index in [9.17, 15) is 4.79 Å². The second-order valence-corrected chi connectivity index (χ2v) is 7.06. The van der Waals surface area contributed by atoms with Gasteiger partial charge in [0.15, 0.2) is 0 Å². The summed E-state index contributed by atoms with van der Waals surface area (Å²) in [7, 11) is 0. The van der Waals surface area contributed by atoms with E-state index in [2.05, 4.69) is 53.9 Å². The van der Waals surface area contributed by atoms with Crippen molar-refractivity contribution in [1.29, 1.82) is 0 Å². The van der Waals surface area contributed by atoms with Crippen LogP contribution in [0.15, 0.2) is 82.9 Å². The normalized spacial score (nSPS) is 24.2. The summed E-state index contributed by atoms with van der Waals surface area (Å²) in [6.45, 7) is 0.689. The standard InChI is InChI=1S/C23H24N2O/c26-23(24-16-17-9-3-1-4-10-17)20-15-22(18-11-5-2-6-12-18)25-21-14-8-7-13-19(20)21/h1-6,8-9,11-12,14,17,22H,7,10,13,15-16H2,(H,24,26). The second kappa shape index (κ2) is 7.69. The van der Waals surface area contributed by atoms with Crippen molar-refractivity contribution in [3.63, 3.8) is 0 Å². The molecule has 1 aliphatic heterocycles. The lowest BCUT2D eigenvalue weighted by atomic mass is 9.85. The molecule has 0 bridgehead atoms. The molecule has 0 saturated carbocycles. The second-order valence-electron chi connectivity index (χ2n) is 7.06. The zero-order valence-electron chi connectivity index (χ0n) is 14.9. The molecule has 3 aliphatic rings. The molecule has 2 aliphatic carbocycles. The van der Waals surface area contributed by atoms with E-state index < -0.39 is 0 Å². The molecule has 0 spiro atoms. The third-order valence-electron chi connectivity index (χ3n) is 5.26. The maximum atomic E-state index is 13.0. The van der Waals surface area contributed by atoms with Crippen LogP contribution >= 0.6 is 0 Å². The quantitative estimate of drug-likeness (QED) is 0.860. The van der Waals surface area contributed by atoms with E-state index in [0.29, 0.717) is 18.9 Å². The van der Waals surface area contributed by atoms with Gasteiger partial charge in [-0.25, -0.2) is 0 Å². The number of dihydropyridines is 1. The summed E-state index contributed by atoms with van der Waals surface area (Å²) >= 11 is 0. The molecule has 132 valence electrons. The molecule has 2 unspecified atom stereocenters. The number of nitrogens with one attached hydrogen (secondary N) is 1. The number of hydrogen-bond acceptors (Lipinski definition) is 2. The van der Waals surface area contributed by atoms with Crippen molar-refractivity contribution < 1.29 is 4.79 Å². The first-order valence-electron chi connectivity index (χ1n) is 9.44. The van der Waals surface area contributed by atoms with Crippen LogP contribution in [0.25, 0.3) is 0 Å². The Morgan fingerprint density at radius 1 is 1.15 bits per heavy atom. The summed E-state index contributed by atoms with van der Waals surface area (Å²) in [5.41, 5.74) is 4.21. The average Bonchev–Trinajstić information content (AvgIpc) is 2.72. The molecule has 0 radical (unpaired) electrons. The Morgan fingerprint density at radius 3 is 2.85 bits per heavy atom. The van der Waals surface area contributed by atoms with Gasteiger partial charge in [0, 0.05) is 18.5 Å². The molecule has 1 aromatic carbocycles. The van der Waals surface area contributed by atoms with Gasteiger partial charge in [-0.05, 0) is 42.4 Å². The molecular formula is C23H24N2O. The van der Waals surface area contributed by atoms with E-state index in [1.54, 1.807) is 0 Å². The summed E-state index contributed by atoms with van der Waals surface area (Å²) in [6, 6.07) is 10.3. The number of rotatable bonds is 4. The van der Waals surface area contributed by atoms with E-state index in [1.165, 1.54) is 5.56 Å². The van der Waals surface area contributed by atoms with Crippen LogP contribution in [0.3, 0.4) is 0 Å². The highest BCUT2D eigenvalue weighted by molar-refractivity contribution is 6.15. The van der Waals surface area contributed by atoms with Crippen LogP contribution in [-0.4, -0.2) is 18.2 Å². The minimum absolute atomic E-state index is 0.0240. The zero-order valence-corrected chi connectivity index (χ0v) is 14.9. The van der Waals surface area contributed by atoms with E-state index in [4.69, 9.17) is 4.99 Å². The first kappa shape index (κ1) is 16.8. The van der Waals surface area contributed by atoms with Crippen LogP contribution in [0.1, 0.15) is 37.3 Å². The van der Waals surface area contributed by atoms with Gasteiger partial charge in [-0.15, -0.1) is 0 Å². The fourth-order valence-electron chi connectivity index (χ4n) is 3.82. The molecule has 1 N–H and O–H groups in total. The third-order valence-corrected chi connectivity index (χ3v) is 5.26. The van der Waals surface area contributed by atoms with Crippen LogP contribution in [-0.2, 0) is 4.79 Å². The van der Waals surface area contributed by atoms with Gasteiger partial charge in [0.1, 0.15) is 0 Å². The van der Waals surface area contributed by atoms with Gasteiger partial charge in [-0.3, -0.25) is 9.79 Å². The van der Waals surface area contributed by atoms with Gasteiger partial charge in [-0.2, -0.15) is 0 Å². The Balaban J connectivity index is 1.54. The summed E-state index contributed by atoms with van der Waals surface area (Å²) in [5, 5.41) is 3.17. The summed E-state index contributed by atoms with van der Waals surface area (Å²) in [6.07, 6.45) is 16.2. The summed E-state index contributed by atoms with van der Waals surface area (Å²) in [5.74, 6) is 0.467. The lowest BCUT2D eigenvalue weighted by Crippen LogP contribution is -2.33. The van der Waals surface area contributed by atoms with Crippen molar-refractivity contribution >= 4 is 11.6 Å². The smallest absolute Gasteiger partial charge is 0.247 e. The number of nitrogens with zero attached hydrogens (tertiary/aromatic N) is 1. The Bertz CT molecular complexity index is 827.